The number of methoxy groups -OCH3 is 1. The van der Waals surface area contributed by atoms with Crippen LogP contribution in [0.3, 0.4) is 0 Å². The van der Waals surface area contributed by atoms with Crippen molar-refractivity contribution < 1.29 is 24.0 Å². The Morgan fingerprint density at radius 3 is 2.53 bits per heavy atom. The SMILES string of the molecule is COc1cc(/C=C(\C#N)C(=O)Nc2cccc([N+](=O)[O-])c2)cc(Br)c1OC(=O)c1cccc2ccccc12. The van der Waals surface area contributed by atoms with Crippen LogP contribution >= 0.6 is 15.9 Å². The third-order valence-corrected chi connectivity index (χ3v) is 6.04. The van der Waals surface area contributed by atoms with Gasteiger partial charge in [0.25, 0.3) is 11.6 Å². The first-order valence-corrected chi connectivity index (χ1v) is 11.8. The smallest absolute Gasteiger partial charge is 0.344 e. The fourth-order valence-electron chi connectivity index (χ4n) is 3.68. The Morgan fingerprint density at radius 2 is 1.79 bits per heavy atom. The van der Waals surface area contributed by atoms with Crippen LogP contribution in [0.1, 0.15) is 15.9 Å². The number of non-ortho nitro benzene ring substituents is 1. The highest BCUT2D eigenvalue weighted by Crippen LogP contribution is 2.38. The summed E-state index contributed by atoms with van der Waals surface area (Å²) in [5.41, 5.74) is 0.494. The minimum absolute atomic E-state index is 0.127. The van der Waals surface area contributed by atoms with Crippen molar-refractivity contribution in [1.29, 1.82) is 5.26 Å². The van der Waals surface area contributed by atoms with Gasteiger partial charge in [-0.05, 0) is 62.6 Å². The van der Waals surface area contributed by atoms with Crippen LogP contribution < -0.4 is 14.8 Å². The molecular weight excluding hydrogens is 554 g/mol. The average molecular weight is 572 g/mol. The first-order valence-electron chi connectivity index (χ1n) is 11.1. The van der Waals surface area contributed by atoms with Gasteiger partial charge in [-0.3, -0.25) is 14.9 Å². The van der Waals surface area contributed by atoms with Crippen molar-refractivity contribution in [2.24, 2.45) is 0 Å². The van der Waals surface area contributed by atoms with Crippen molar-refractivity contribution in [3.05, 3.63) is 110 Å². The summed E-state index contributed by atoms with van der Waals surface area (Å²) in [6.07, 6.45) is 1.32. The number of benzene rings is 4. The number of esters is 1. The van der Waals surface area contributed by atoms with Gasteiger partial charge in [0.15, 0.2) is 11.5 Å². The number of nitrogens with one attached hydrogen (secondary N) is 1. The van der Waals surface area contributed by atoms with E-state index in [-0.39, 0.29) is 28.4 Å². The highest BCUT2D eigenvalue weighted by molar-refractivity contribution is 9.10. The van der Waals surface area contributed by atoms with Gasteiger partial charge < -0.3 is 14.8 Å². The molecule has 1 N–H and O–H groups in total. The van der Waals surface area contributed by atoms with Gasteiger partial charge in [-0.1, -0.05) is 42.5 Å². The van der Waals surface area contributed by atoms with Crippen LogP contribution in [-0.4, -0.2) is 23.9 Å². The third kappa shape index (κ3) is 5.69. The standard InChI is InChI=1S/C28H18BrN3O6/c1-37-25-14-17(12-19(16-30)27(33)31-20-8-5-9-21(15-20)32(35)36)13-24(29)26(25)38-28(34)23-11-4-7-18-6-2-3-10-22(18)23/h2-15H,1H3,(H,31,33)/b19-12+. The second kappa shape index (κ2) is 11.4. The molecule has 0 radical (unpaired) electrons. The number of nitrogens with zero attached hydrogens (tertiary/aromatic N) is 2. The Morgan fingerprint density at radius 1 is 1.05 bits per heavy atom. The Balaban J connectivity index is 1.60. The van der Waals surface area contributed by atoms with Crippen molar-refractivity contribution in [1.82, 2.24) is 0 Å². The van der Waals surface area contributed by atoms with Crippen molar-refractivity contribution in [3.63, 3.8) is 0 Å². The molecule has 0 aliphatic rings. The normalized spacial score (nSPS) is 10.9. The van der Waals surface area contributed by atoms with Gasteiger partial charge in [0.2, 0.25) is 0 Å². The molecule has 0 saturated heterocycles. The molecule has 0 aromatic heterocycles. The Bertz CT molecular complexity index is 1650. The molecule has 0 spiro atoms. The Kier molecular flexibility index (Phi) is 7.80. The van der Waals surface area contributed by atoms with Crippen LogP contribution in [0.25, 0.3) is 16.8 Å². The van der Waals surface area contributed by atoms with E-state index in [1.54, 1.807) is 18.2 Å². The number of carbonyl (C=O) groups excluding carboxylic acids is 2. The maximum Gasteiger partial charge on any atom is 0.344 e. The van der Waals surface area contributed by atoms with Gasteiger partial charge in [0.1, 0.15) is 11.6 Å². The van der Waals surface area contributed by atoms with E-state index in [9.17, 15) is 25.0 Å². The number of nitro benzene ring substituents is 1. The van der Waals surface area contributed by atoms with E-state index in [1.807, 2.05) is 36.4 Å². The van der Waals surface area contributed by atoms with E-state index in [1.165, 1.54) is 43.5 Å². The summed E-state index contributed by atoms with van der Waals surface area (Å²) < 4.78 is 11.4. The van der Waals surface area contributed by atoms with Crippen LogP contribution in [0.2, 0.25) is 0 Å². The lowest BCUT2D eigenvalue weighted by molar-refractivity contribution is -0.384. The lowest BCUT2D eigenvalue weighted by atomic mass is 10.0. The molecule has 0 aliphatic carbocycles. The first-order chi connectivity index (χ1) is 18.3. The zero-order chi connectivity index (χ0) is 27.2. The monoisotopic (exact) mass is 571 g/mol. The second-order valence-corrected chi connectivity index (χ2v) is 8.74. The van der Waals surface area contributed by atoms with Crippen molar-refractivity contribution in [3.8, 4) is 17.6 Å². The summed E-state index contributed by atoms with van der Waals surface area (Å²) in [5.74, 6) is -1.02. The van der Waals surface area contributed by atoms with Crippen LogP contribution in [-0.2, 0) is 4.79 Å². The summed E-state index contributed by atoms with van der Waals surface area (Å²) in [4.78, 5) is 36.1. The van der Waals surface area contributed by atoms with Gasteiger partial charge in [0, 0.05) is 17.8 Å². The molecule has 9 nitrogen and oxygen atoms in total. The Labute approximate surface area is 225 Å². The summed E-state index contributed by atoms with van der Waals surface area (Å²) in [6, 6.07) is 23.0. The molecule has 4 rings (SSSR count). The number of carbonyl (C=O) groups is 2. The van der Waals surface area contributed by atoms with Crippen LogP contribution in [0.5, 0.6) is 11.5 Å². The predicted octanol–water partition coefficient (Wildman–Crippen LogP) is 6.28. The molecule has 0 fully saturated rings. The van der Waals surface area contributed by atoms with E-state index in [0.717, 1.165) is 10.8 Å². The minimum Gasteiger partial charge on any atom is -0.493 e. The van der Waals surface area contributed by atoms with Crippen LogP contribution in [0, 0.1) is 21.4 Å². The highest BCUT2D eigenvalue weighted by atomic mass is 79.9. The van der Waals surface area contributed by atoms with Crippen molar-refractivity contribution in [2.45, 2.75) is 0 Å². The number of rotatable bonds is 7. The van der Waals surface area contributed by atoms with Gasteiger partial charge in [-0.2, -0.15) is 5.26 Å². The molecule has 0 atom stereocenters. The van der Waals surface area contributed by atoms with Crippen molar-refractivity contribution in [2.75, 3.05) is 12.4 Å². The third-order valence-electron chi connectivity index (χ3n) is 5.45. The van der Waals surface area contributed by atoms with E-state index in [2.05, 4.69) is 21.2 Å². The highest BCUT2D eigenvalue weighted by Gasteiger charge is 2.19. The molecule has 0 unspecified atom stereocenters. The zero-order valence-corrected chi connectivity index (χ0v) is 21.4. The number of anilines is 1. The number of hydrogen-bond acceptors (Lipinski definition) is 7. The fraction of sp³-hybridized carbons (Fsp3) is 0.0357. The summed E-state index contributed by atoms with van der Waals surface area (Å²) in [7, 11) is 1.39. The topological polar surface area (TPSA) is 132 Å². The quantitative estimate of drug-likeness (QED) is 0.0688. The van der Waals surface area contributed by atoms with E-state index >= 15 is 0 Å². The molecule has 0 bridgehead atoms. The van der Waals surface area contributed by atoms with Gasteiger partial charge in [-0.25, -0.2) is 4.79 Å². The predicted molar refractivity (Wildman–Crippen MR) is 145 cm³/mol. The minimum atomic E-state index is -0.755. The summed E-state index contributed by atoms with van der Waals surface area (Å²) in [5, 5.41) is 24.6. The summed E-state index contributed by atoms with van der Waals surface area (Å²) in [6.45, 7) is 0. The number of nitro groups is 1. The lowest BCUT2D eigenvalue weighted by Gasteiger charge is -2.13. The molecule has 4 aromatic carbocycles. The van der Waals surface area contributed by atoms with Crippen LogP contribution in [0.15, 0.2) is 88.9 Å². The number of hydrogen-bond donors (Lipinski definition) is 1. The largest absolute Gasteiger partial charge is 0.493 e. The molecule has 1 amide bonds. The average Bonchev–Trinajstić information content (AvgIpc) is 2.92. The van der Waals surface area contributed by atoms with Gasteiger partial charge in [-0.15, -0.1) is 0 Å². The maximum absolute atomic E-state index is 13.0. The molecule has 10 heteroatoms. The lowest BCUT2D eigenvalue weighted by Crippen LogP contribution is -2.13. The molecule has 38 heavy (non-hydrogen) atoms. The Hall–Kier alpha value is -5.01. The van der Waals surface area contributed by atoms with Crippen LogP contribution in [0.4, 0.5) is 11.4 Å². The maximum atomic E-state index is 13.0. The number of fused-ring (bicyclic) bond motifs is 1. The molecule has 188 valence electrons. The summed E-state index contributed by atoms with van der Waals surface area (Å²) >= 11 is 3.38. The van der Waals surface area contributed by atoms with E-state index in [4.69, 9.17) is 9.47 Å². The molecule has 4 aromatic rings. The molecule has 0 saturated carbocycles. The second-order valence-electron chi connectivity index (χ2n) is 7.88. The first kappa shape index (κ1) is 26.1. The molecule has 0 aliphatic heterocycles. The van der Waals surface area contributed by atoms with Gasteiger partial charge in [0.05, 0.1) is 22.1 Å². The molecular formula is C28H18BrN3O6. The number of amides is 1. The fourth-order valence-corrected chi connectivity index (χ4v) is 4.22. The van der Waals surface area contributed by atoms with Crippen molar-refractivity contribution >= 4 is 56.0 Å². The zero-order valence-electron chi connectivity index (χ0n) is 19.8. The van der Waals surface area contributed by atoms with Gasteiger partial charge >= 0.3 is 5.97 Å². The number of halogens is 1. The number of nitriles is 1. The molecule has 0 heterocycles. The van der Waals surface area contributed by atoms with E-state index in [0.29, 0.717) is 15.6 Å². The van der Waals surface area contributed by atoms with E-state index < -0.39 is 16.8 Å². The number of ether oxygens (including phenoxy) is 2.